The maximum absolute atomic E-state index is 12.3. The van der Waals surface area contributed by atoms with Gasteiger partial charge in [-0.05, 0) is 37.5 Å². The first kappa shape index (κ1) is 18.2. The topological polar surface area (TPSA) is 83.5 Å². The second kappa shape index (κ2) is 6.96. The molecule has 0 fully saturated rings. The summed E-state index contributed by atoms with van der Waals surface area (Å²) in [5.41, 5.74) is 0.928. The molecule has 8 heteroatoms. The van der Waals surface area contributed by atoms with E-state index >= 15 is 0 Å². The van der Waals surface area contributed by atoms with E-state index in [9.17, 15) is 13.2 Å². The molecule has 0 aromatic heterocycles. The first-order valence-corrected chi connectivity index (χ1v) is 8.49. The predicted molar refractivity (Wildman–Crippen MR) is 82.5 cm³/mol. The minimum absolute atomic E-state index is 0.0110. The van der Waals surface area contributed by atoms with Crippen LogP contribution in [0.1, 0.15) is 24.5 Å². The van der Waals surface area contributed by atoms with E-state index in [1.807, 2.05) is 0 Å². The molecule has 0 amide bonds. The molecule has 0 saturated carbocycles. The van der Waals surface area contributed by atoms with E-state index in [0.717, 1.165) is 0 Å². The van der Waals surface area contributed by atoms with Gasteiger partial charge in [-0.3, -0.25) is 4.79 Å². The number of halogens is 2. The summed E-state index contributed by atoms with van der Waals surface area (Å²) in [5.74, 6) is -1.60. The van der Waals surface area contributed by atoms with Crippen LogP contribution in [-0.2, 0) is 14.8 Å². The largest absolute Gasteiger partial charge is 0.481 e. The van der Waals surface area contributed by atoms with Gasteiger partial charge in [-0.15, -0.1) is 0 Å². The number of nitrogens with one attached hydrogen (secondary N) is 1. The normalized spacial score (nSPS) is 13.2. The first-order valence-electron chi connectivity index (χ1n) is 6.25. The highest BCUT2D eigenvalue weighted by atomic mass is 35.5. The molecular weight excluding hydrogens is 337 g/mol. The molecule has 0 radical (unpaired) electrons. The van der Waals surface area contributed by atoms with E-state index in [2.05, 4.69) is 4.72 Å². The molecule has 1 unspecified atom stereocenters. The molecule has 0 heterocycles. The van der Waals surface area contributed by atoms with Crippen molar-refractivity contribution in [3.63, 3.8) is 0 Å². The zero-order valence-electron chi connectivity index (χ0n) is 11.9. The van der Waals surface area contributed by atoms with Crippen molar-refractivity contribution >= 4 is 39.2 Å². The molecule has 21 heavy (non-hydrogen) atoms. The van der Waals surface area contributed by atoms with Crippen molar-refractivity contribution in [1.29, 1.82) is 0 Å². The van der Waals surface area contributed by atoms with Crippen molar-refractivity contribution in [3.8, 4) is 0 Å². The maximum Gasteiger partial charge on any atom is 0.306 e. The number of rotatable bonds is 6. The van der Waals surface area contributed by atoms with Gasteiger partial charge in [0.1, 0.15) is 4.90 Å². The van der Waals surface area contributed by atoms with Gasteiger partial charge in [0.05, 0.1) is 10.9 Å². The van der Waals surface area contributed by atoms with Crippen LogP contribution in [0.15, 0.2) is 11.0 Å². The van der Waals surface area contributed by atoms with Gasteiger partial charge in [0, 0.05) is 11.6 Å². The highest BCUT2D eigenvalue weighted by Gasteiger charge is 2.24. The maximum atomic E-state index is 12.3. The molecule has 2 N–H and O–H groups in total. The number of hydrogen-bond acceptors (Lipinski definition) is 3. The van der Waals surface area contributed by atoms with Crippen LogP contribution in [0.4, 0.5) is 0 Å². The molecule has 0 aliphatic carbocycles. The van der Waals surface area contributed by atoms with Gasteiger partial charge in [-0.1, -0.05) is 30.1 Å². The second-order valence-electron chi connectivity index (χ2n) is 4.87. The smallest absolute Gasteiger partial charge is 0.306 e. The summed E-state index contributed by atoms with van der Waals surface area (Å²) < 4.78 is 27.0. The minimum atomic E-state index is -3.85. The monoisotopic (exact) mass is 353 g/mol. The van der Waals surface area contributed by atoms with Crippen LogP contribution in [0.3, 0.4) is 0 Å². The molecule has 118 valence electrons. The third-order valence-corrected chi connectivity index (χ3v) is 5.77. The highest BCUT2D eigenvalue weighted by Crippen LogP contribution is 2.33. The Labute approximate surface area is 134 Å². The number of benzene rings is 1. The van der Waals surface area contributed by atoms with Crippen LogP contribution in [0.5, 0.6) is 0 Å². The molecule has 1 aromatic rings. The zero-order chi connectivity index (χ0) is 16.4. The number of aryl methyl sites for hydroxylation is 1. The quantitative estimate of drug-likeness (QED) is 0.823. The lowest BCUT2D eigenvalue weighted by Crippen LogP contribution is -2.28. The predicted octanol–water partition coefficient (Wildman–Crippen LogP) is 3.00. The van der Waals surface area contributed by atoms with E-state index in [1.54, 1.807) is 19.9 Å². The summed E-state index contributed by atoms with van der Waals surface area (Å²) in [6.07, 6.45) is 0.185. The van der Waals surface area contributed by atoms with Crippen LogP contribution >= 0.6 is 23.2 Å². The van der Waals surface area contributed by atoms with Crippen LogP contribution in [0.25, 0.3) is 0 Å². The summed E-state index contributed by atoms with van der Waals surface area (Å²) in [4.78, 5) is 10.6. The molecule has 1 aromatic carbocycles. The number of carboxylic acids is 1. The molecule has 0 aliphatic heterocycles. The van der Waals surface area contributed by atoms with E-state index in [0.29, 0.717) is 16.1 Å². The van der Waals surface area contributed by atoms with Crippen LogP contribution < -0.4 is 4.72 Å². The lowest BCUT2D eigenvalue weighted by atomic mass is 10.1. The van der Waals surface area contributed by atoms with Gasteiger partial charge in [0.2, 0.25) is 10.0 Å². The Bertz CT molecular complexity index is 632. The van der Waals surface area contributed by atoms with Crippen molar-refractivity contribution in [2.24, 2.45) is 5.92 Å². The van der Waals surface area contributed by atoms with Crippen molar-refractivity contribution in [1.82, 2.24) is 4.72 Å². The third kappa shape index (κ3) is 4.32. The number of carbonyl (C=O) groups is 1. The zero-order valence-corrected chi connectivity index (χ0v) is 14.2. The number of aliphatic carboxylic acids is 1. The lowest BCUT2D eigenvalue weighted by molar-refractivity contribution is -0.141. The first-order chi connectivity index (χ1) is 9.58. The average Bonchev–Trinajstić information content (AvgIpc) is 2.35. The van der Waals surface area contributed by atoms with Gasteiger partial charge in [-0.2, -0.15) is 0 Å². The Kier molecular flexibility index (Phi) is 6.04. The summed E-state index contributed by atoms with van der Waals surface area (Å²) >= 11 is 12.1. The standard InChI is InChI=1S/C13H17Cl2NO4S/c1-7(13(17)18)4-5-16-21(19,20)12-9(3)10(14)6-8(2)11(12)15/h6-7,16H,4-5H2,1-3H3,(H,17,18). The Morgan fingerprint density at radius 2 is 1.95 bits per heavy atom. The molecule has 0 aliphatic rings. The molecule has 1 atom stereocenters. The van der Waals surface area contributed by atoms with Crippen LogP contribution in [0, 0.1) is 19.8 Å². The summed E-state index contributed by atoms with van der Waals surface area (Å²) in [6.45, 7) is 4.76. The Hall–Kier alpha value is -0.820. The molecule has 0 bridgehead atoms. The van der Waals surface area contributed by atoms with E-state index < -0.39 is 21.9 Å². The summed E-state index contributed by atoms with van der Waals surface area (Å²) in [5, 5.41) is 9.21. The fraction of sp³-hybridized carbons (Fsp3) is 0.462. The van der Waals surface area contributed by atoms with Crippen molar-refractivity contribution < 1.29 is 18.3 Å². The summed E-state index contributed by atoms with van der Waals surface area (Å²) in [7, 11) is -3.85. The second-order valence-corrected chi connectivity index (χ2v) is 7.36. The fourth-order valence-corrected chi connectivity index (χ4v) is 3.99. The third-order valence-electron chi connectivity index (χ3n) is 3.15. The van der Waals surface area contributed by atoms with E-state index in [4.69, 9.17) is 28.3 Å². The molecule has 1 rings (SSSR count). The van der Waals surface area contributed by atoms with Gasteiger partial charge >= 0.3 is 5.97 Å². The highest BCUT2D eigenvalue weighted by molar-refractivity contribution is 7.89. The van der Waals surface area contributed by atoms with Gasteiger partial charge in [0.15, 0.2) is 0 Å². The van der Waals surface area contributed by atoms with Crippen molar-refractivity contribution in [2.45, 2.75) is 32.1 Å². The lowest BCUT2D eigenvalue weighted by Gasteiger charge is -2.14. The van der Waals surface area contributed by atoms with Crippen LogP contribution in [0.2, 0.25) is 10.0 Å². The Balaban J connectivity index is 3.02. The number of carboxylic acid groups (broad SMARTS) is 1. The number of hydrogen-bond donors (Lipinski definition) is 2. The fourth-order valence-electron chi connectivity index (χ4n) is 1.74. The molecule has 5 nitrogen and oxygen atoms in total. The average molecular weight is 354 g/mol. The van der Waals surface area contributed by atoms with Crippen LogP contribution in [-0.4, -0.2) is 26.0 Å². The SMILES string of the molecule is Cc1cc(Cl)c(C)c(S(=O)(=O)NCCC(C)C(=O)O)c1Cl. The van der Waals surface area contributed by atoms with E-state index in [1.165, 1.54) is 6.92 Å². The Morgan fingerprint density at radius 1 is 1.38 bits per heavy atom. The van der Waals surface area contributed by atoms with Gasteiger partial charge in [0.25, 0.3) is 0 Å². The van der Waals surface area contributed by atoms with E-state index in [-0.39, 0.29) is 22.9 Å². The van der Waals surface area contributed by atoms with Crippen molar-refractivity contribution in [3.05, 3.63) is 27.2 Å². The molecular formula is C13H17Cl2NO4S. The van der Waals surface area contributed by atoms with Gasteiger partial charge in [-0.25, -0.2) is 13.1 Å². The number of sulfonamides is 1. The van der Waals surface area contributed by atoms with Gasteiger partial charge < -0.3 is 5.11 Å². The molecule has 0 spiro atoms. The summed E-state index contributed by atoms with van der Waals surface area (Å²) in [6, 6.07) is 1.60. The molecule has 0 saturated heterocycles. The Morgan fingerprint density at radius 3 is 2.48 bits per heavy atom. The van der Waals surface area contributed by atoms with Crippen molar-refractivity contribution in [2.75, 3.05) is 6.54 Å². The minimum Gasteiger partial charge on any atom is -0.481 e.